The summed E-state index contributed by atoms with van der Waals surface area (Å²) in [5, 5.41) is 23.4. The van der Waals surface area contributed by atoms with Crippen LogP contribution in [0, 0.1) is 0 Å². The first kappa shape index (κ1) is 82.1. The Morgan fingerprint density at radius 3 is 0.940 bits per heavy atom. The van der Waals surface area contributed by atoms with Gasteiger partial charge in [0, 0.05) is 12.8 Å². The highest BCUT2D eigenvalue weighted by atomic mass is 16.5. The minimum absolute atomic E-state index is 0.0122. The first-order valence-corrected chi connectivity index (χ1v) is 38.2. The van der Waals surface area contributed by atoms with E-state index in [9.17, 15) is 19.8 Å². The number of unbranched alkanes of at least 4 members (excludes halogenated alkanes) is 55. The number of hydrogen-bond acceptors (Lipinski definition) is 5. The average Bonchev–Trinajstić information content (AvgIpc) is 3.51. The number of ether oxygens (including phenoxy) is 1. The summed E-state index contributed by atoms with van der Waals surface area (Å²) in [7, 11) is 0. The first-order chi connectivity index (χ1) is 41.5. The SMILES string of the molecule is CCCCC/C=C\C/C=C\CCCCCCCCCCCC(=O)OCCCCCCCCCCCCCC/C=C\CCCCCCCCCCCCCC(=O)NC(CO)C(O)CCCCCCCCCCCCCCCCCCCCCCC. The molecule has 0 aromatic rings. The third kappa shape index (κ3) is 69.2. The maximum atomic E-state index is 12.6. The van der Waals surface area contributed by atoms with E-state index in [-0.39, 0.29) is 18.5 Å². The highest BCUT2D eigenvalue weighted by Crippen LogP contribution is 2.19. The number of carbonyl (C=O) groups excluding carboxylic acids is 2. The van der Waals surface area contributed by atoms with Gasteiger partial charge in [0.2, 0.25) is 5.91 Å². The molecule has 0 spiro atoms. The Hall–Kier alpha value is -1.92. The van der Waals surface area contributed by atoms with Gasteiger partial charge >= 0.3 is 5.97 Å². The van der Waals surface area contributed by atoms with E-state index in [0.29, 0.717) is 25.9 Å². The molecule has 0 aliphatic carbocycles. The fourth-order valence-electron chi connectivity index (χ4n) is 12.1. The van der Waals surface area contributed by atoms with Crippen LogP contribution in [0.2, 0.25) is 0 Å². The zero-order chi connectivity index (χ0) is 60.6. The van der Waals surface area contributed by atoms with Gasteiger partial charge in [-0.25, -0.2) is 0 Å². The molecule has 0 aromatic heterocycles. The van der Waals surface area contributed by atoms with Crippen LogP contribution in [0.25, 0.3) is 0 Å². The molecule has 0 bridgehead atoms. The third-order valence-corrected chi connectivity index (χ3v) is 17.9. The number of rotatable bonds is 72. The molecule has 0 heterocycles. The number of esters is 1. The molecule has 0 saturated heterocycles. The Labute approximate surface area is 525 Å². The van der Waals surface area contributed by atoms with E-state index >= 15 is 0 Å². The van der Waals surface area contributed by atoms with E-state index in [1.165, 1.54) is 340 Å². The van der Waals surface area contributed by atoms with Crippen molar-refractivity contribution in [2.24, 2.45) is 0 Å². The molecule has 0 fully saturated rings. The topological polar surface area (TPSA) is 95.9 Å². The van der Waals surface area contributed by atoms with Crippen LogP contribution in [0.1, 0.15) is 425 Å². The normalized spacial score (nSPS) is 12.7. The molecule has 0 aromatic carbocycles. The molecule has 496 valence electrons. The summed E-state index contributed by atoms with van der Waals surface area (Å²) in [5.41, 5.74) is 0. The smallest absolute Gasteiger partial charge is 0.305 e. The van der Waals surface area contributed by atoms with E-state index in [1.54, 1.807) is 0 Å². The molecule has 0 saturated carbocycles. The van der Waals surface area contributed by atoms with Gasteiger partial charge in [0.15, 0.2) is 0 Å². The second-order valence-corrected chi connectivity index (χ2v) is 26.3. The second kappa shape index (κ2) is 73.5. The number of amides is 1. The zero-order valence-electron chi connectivity index (χ0n) is 56.9. The van der Waals surface area contributed by atoms with Crippen LogP contribution >= 0.6 is 0 Å². The molecule has 0 radical (unpaired) electrons. The minimum Gasteiger partial charge on any atom is -0.466 e. The van der Waals surface area contributed by atoms with Crippen LogP contribution < -0.4 is 5.32 Å². The van der Waals surface area contributed by atoms with Gasteiger partial charge in [-0.3, -0.25) is 9.59 Å². The van der Waals surface area contributed by atoms with Crippen molar-refractivity contribution in [1.82, 2.24) is 5.32 Å². The fraction of sp³-hybridized carbons (Fsp3) is 0.897. The van der Waals surface area contributed by atoms with Gasteiger partial charge in [-0.05, 0) is 83.5 Å². The summed E-state index contributed by atoms with van der Waals surface area (Å²) in [4.78, 5) is 24.7. The Morgan fingerprint density at radius 2 is 0.595 bits per heavy atom. The average molecular weight is 1180 g/mol. The second-order valence-electron chi connectivity index (χ2n) is 26.3. The van der Waals surface area contributed by atoms with E-state index in [0.717, 1.165) is 51.4 Å². The molecule has 2 atom stereocenters. The summed E-state index contributed by atoms with van der Waals surface area (Å²) in [6.45, 7) is 4.97. The summed E-state index contributed by atoms with van der Waals surface area (Å²) >= 11 is 0. The van der Waals surface area contributed by atoms with Crippen molar-refractivity contribution in [3.63, 3.8) is 0 Å². The van der Waals surface area contributed by atoms with Gasteiger partial charge in [0.25, 0.3) is 0 Å². The van der Waals surface area contributed by atoms with Gasteiger partial charge in [-0.1, -0.05) is 365 Å². The van der Waals surface area contributed by atoms with Gasteiger partial charge in [0.05, 0.1) is 25.4 Å². The Bertz CT molecular complexity index is 1360. The van der Waals surface area contributed by atoms with Gasteiger partial charge < -0.3 is 20.3 Å². The largest absolute Gasteiger partial charge is 0.466 e. The van der Waals surface area contributed by atoms with Gasteiger partial charge in [-0.2, -0.15) is 0 Å². The lowest BCUT2D eigenvalue weighted by atomic mass is 10.0. The number of nitrogens with one attached hydrogen (secondary N) is 1. The Kier molecular flexibility index (Phi) is 71.9. The maximum Gasteiger partial charge on any atom is 0.305 e. The Balaban J connectivity index is 3.38. The van der Waals surface area contributed by atoms with Crippen molar-refractivity contribution in [2.45, 2.75) is 437 Å². The van der Waals surface area contributed by atoms with Crippen LogP contribution in [-0.2, 0) is 14.3 Å². The minimum atomic E-state index is -0.666. The fourth-order valence-corrected chi connectivity index (χ4v) is 12.1. The quantitative estimate of drug-likeness (QED) is 0.0320. The molecule has 3 N–H and O–H groups in total. The highest BCUT2D eigenvalue weighted by Gasteiger charge is 2.20. The van der Waals surface area contributed by atoms with Crippen molar-refractivity contribution < 1.29 is 24.5 Å². The van der Waals surface area contributed by atoms with E-state index in [2.05, 4.69) is 55.6 Å². The molecular formula is C78H149NO5. The third-order valence-electron chi connectivity index (χ3n) is 17.9. The monoisotopic (exact) mass is 1180 g/mol. The van der Waals surface area contributed by atoms with E-state index in [4.69, 9.17) is 4.74 Å². The molecule has 6 nitrogen and oxygen atoms in total. The molecule has 2 unspecified atom stereocenters. The van der Waals surface area contributed by atoms with Crippen LogP contribution in [-0.4, -0.2) is 47.4 Å². The number of carbonyl (C=O) groups is 2. The predicted octanol–water partition coefficient (Wildman–Crippen LogP) is 25.0. The van der Waals surface area contributed by atoms with Crippen molar-refractivity contribution in [2.75, 3.05) is 13.2 Å². The highest BCUT2D eigenvalue weighted by molar-refractivity contribution is 5.76. The summed E-state index contributed by atoms with van der Waals surface area (Å²) in [5.74, 6) is -0.0191. The van der Waals surface area contributed by atoms with Crippen LogP contribution in [0.4, 0.5) is 0 Å². The van der Waals surface area contributed by atoms with Crippen LogP contribution in [0.5, 0.6) is 0 Å². The number of aliphatic hydroxyl groups excluding tert-OH is 2. The molecule has 6 heteroatoms. The van der Waals surface area contributed by atoms with Crippen molar-refractivity contribution in [3.05, 3.63) is 36.5 Å². The predicted molar refractivity (Wildman–Crippen MR) is 370 cm³/mol. The molecule has 84 heavy (non-hydrogen) atoms. The van der Waals surface area contributed by atoms with Gasteiger partial charge in [0.1, 0.15) is 0 Å². The van der Waals surface area contributed by atoms with E-state index < -0.39 is 12.1 Å². The van der Waals surface area contributed by atoms with Gasteiger partial charge in [-0.15, -0.1) is 0 Å². The molecule has 0 aliphatic rings. The summed E-state index contributed by atoms with van der Waals surface area (Å²) in [6, 6.07) is -0.544. The van der Waals surface area contributed by atoms with Crippen LogP contribution in [0.15, 0.2) is 36.5 Å². The standard InChI is InChI=1S/C78H149NO5/c1-3-5-7-9-11-13-15-17-19-21-23-31-35-38-42-46-50-54-58-62-66-70-76(81)75(74-80)79-77(82)71-67-63-59-55-51-47-43-39-36-32-29-27-25-24-26-28-30-33-37-41-45-49-53-57-61-65-69-73-84-78(83)72-68-64-60-56-52-48-44-40-34-22-20-18-16-14-12-10-8-6-4-2/h12,14,18,20,24-25,75-76,80-81H,3-11,13,15-17,19,21-23,26-74H2,1-2H3,(H,79,82)/b14-12-,20-18-,25-24-. The molecule has 1 amide bonds. The maximum absolute atomic E-state index is 12.6. The van der Waals surface area contributed by atoms with E-state index in [1.807, 2.05) is 0 Å². The lowest BCUT2D eigenvalue weighted by molar-refractivity contribution is -0.143. The Morgan fingerprint density at radius 1 is 0.333 bits per heavy atom. The van der Waals surface area contributed by atoms with Crippen LogP contribution in [0.3, 0.4) is 0 Å². The lowest BCUT2D eigenvalue weighted by Crippen LogP contribution is -2.45. The summed E-state index contributed by atoms with van der Waals surface area (Å²) < 4.78 is 5.51. The first-order valence-electron chi connectivity index (χ1n) is 38.2. The molecule has 0 aliphatic heterocycles. The lowest BCUT2D eigenvalue weighted by Gasteiger charge is -2.22. The van der Waals surface area contributed by atoms with Crippen molar-refractivity contribution in [1.29, 1.82) is 0 Å². The molecule has 0 rings (SSSR count). The number of hydrogen-bond donors (Lipinski definition) is 3. The van der Waals surface area contributed by atoms with Crippen molar-refractivity contribution in [3.8, 4) is 0 Å². The number of allylic oxidation sites excluding steroid dienone is 6. The summed E-state index contributed by atoms with van der Waals surface area (Å²) in [6.07, 6.45) is 95.0. The number of aliphatic hydroxyl groups is 2. The van der Waals surface area contributed by atoms with Crippen molar-refractivity contribution >= 4 is 11.9 Å². The zero-order valence-corrected chi connectivity index (χ0v) is 56.9. The molecular weight excluding hydrogens is 1030 g/mol.